The van der Waals surface area contributed by atoms with Crippen molar-refractivity contribution in [3.8, 4) is 0 Å². The van der Waals surface area contributed by atoms with E-state index in [0.717, 1.165) is 6.42 Å². The van der Waals surface area contributed by atoms with Crippen molar-refractivity contribution in [2.45, 2.75) is 6.42 Å². The number of hydrogen-bond donors (Lipinski definition) is 1. The molecule has 2 aromatic heterocycles. The summed E-state index contributed by atoms with van der Waals surface area (Å²) in [5.41, 5.74) is 0.532. The number of aromatic nitrogens is 3. The third-order valence-corrected chi connectivity index (χ3v) is 3.82. The van der Waals surface area contributed by atoms with Gasteiger partial charge in [-0.3, -0.25) is 9.89 Å². The Morgan fingerprint density at radius 1 is 1.27 bits per heavy atom. The summed E-state index contributed by atoms with van der Waals surface area (Å²) >= 11 is 5.73. The normalized spacial score (nSPS) is 15.7. The monoisotopic (exact) mass is 323 g/mol. The summed E-state index contributed by atoms with van der Waals surface area (Å²) in [4.78, 5) is 20.0. The van der Waals surface area contributed by atoms with Gasteiger partial charge in [0.15, 0.2) is 11.6 Å². The molecule has 0 bridgehead atoms. The molecule has 0 aliphatic carbocycles. The summed E-state index contributed by atoms with van der Waals surface area (Å²) in [7, 11) is 0. The van der Waals surface area contributed by atoms with Crippen LogP contribution < -0.4 is 4.90 Å². The molecular weight excluding hydrogens is 309 g/mol. The third kappa shape index (κ3) is 3.04. The Labute approximate surface area is 131 Å². The van der Waals surface area contributed by atoms with Gasteiger partial charge in [-0.05, 0) is 12.5 Å². The molecule has 0 aromatic carbocycles. The lowest BCUT2D eigenvalue weighted by Crippen LogP contribution is -2.35. The van der Waals surface area contributed by atoms with Gasteiger partial charge in [-0.1, -0.05) is 11.6 Å². The first-order valence-corrected chi connectivity index (χ1v) is 7.37. The largest absolute Gasteiger partial charge is 0.352 e. The minimum Gasteiger partial charge on any atom is -0.352 e. The van der Waals surface area contributed by atoms with Gasteiger partial charge in [0, 0.05) is 38.6 Å². The van der Waals surface area contributed by atoms with Crippen LogP contribution in [0, 0.1) is 5.82 Å². The molecule has 0 radical (unpaired) electrons. The van der Waals surface area contributed by atoms with Gasteiger partial charge in [-0.25, -0.2) is 9.37 Å². The van der Waals surface area contributed by atoms with Crippen molar-refractivity contribution in [1.82, 2.24) is 20.1 Å². The lowest BCUT2D eigenvalue weighted by molar-refractivity contribution is 0.0767. The third-order valence-electron chi connectivity index (χ3n) is 3.62. The maximum Gasteiger partial charge on any atom is 0.257 e. The van der Waals surface area contributed by atoms with E-state index < -0.39 is 5.82 Å². The second-order valence-corrected chi connectivity index (χ2v) is 5.52. The minimum atomic E-state index is -0.442. The van der Waals surface area contributed by atoms with Gasteiger partial charge in [0.25, 0.3) is 5.91 Å². The van der Waals surface area contributed by atoms with Crippen LogP contribution in [-0.4, -0.2) is 52.2 Å². The second kappa shape index (κ2) is 6.31. The number of H-pyrrole nitrogens is 1. The standard InChI is InChI=1S/C14H15ClFN5O/c15-11-6-12(16)13(17-9-11)20-2-1-3-21(5-4-20)14(22)10-7-18-19-8-10/h6-9H,1-5H2,(H,18,19). The Bertz CT molecular complexity index is 663. The molecule has 0 atom stereocenters. The summed E-state index contributed by atoms with van der Waals surface area (Å²) < 4.78 is 14.0. The highest BCUT2D eigenvalue weighted by molar-refractivity contribution is 6.30. The highest BCUT2D eigenvalue weighted by atomic mass is 35.5. The molecule has 1 amide bonds. The zero-order chi connectivity index (χ0) is 15.5. The predicted molar refractivity (Wildman–Crippen MR) is 80.5 cm³/mol. The fraction of sp³-hybridized carbons (Fsp3) is 0.357. The van der Waals surface area contributed by atoms with E-state index in [2.05, 4.69) is 15.2 Å². The molecule has 3 rings (SSSR count). The zero-order valence-electron chi connectivity index (χ0n) is 11.8. The molecule has 8 heteroatoms. The topological polar surface area (TPSA) is 65.1 Å². The Balaban J connectivity index is 1.71. The number of nitrogens with one attached hydrogen (secondary N) is 1. The first-order chi connectivity index (χ1) is 10.6. The smallest absolute Gasteiger partial charge is 0.257 e. The number of amides is 1. The molecule has 1 fully saturated rings. The average Bonchev–Trinajstić information content (AvgIpc) is 2.92. The molecule has 1 N–H and O–H groups in total. The lowest BCUT2D eigenvalue weighted by atomic mass is 10.3. The fourth-order valence-corrected chi connectivity index (χ4v) is 2.67. The van der Waals surface area contributed by atoms with Crippen LogP contribution in [0.25, 0.3) is 0 Å². The number of hydrogen-bond acceptors (Lipinski definition) is 4. The predicted octanol–water partition coefficient (Wildman–Crippen LogP) is 1.95. The van der Waals surface area contributed by atoms with E-state index in [9.17, 15) is 9.18 Å². The van der Waals surface area contributed by atoms with Crippen LogP contribution >= 0.6 is 11.6 Å². The van der Waals surface area contributed by atoms with Crippen LogP contribution in [0.5, 0.6) is 0 Å². The van der Waals surface area contributed by atoms with E-state index in [1.807, 2.05) is 4.90 Å². The van der Waals surface area contributed by atoms with Crippen LogP contribution in [0.1, 0.15) is 16.8 Å². The van der Waals surface area contributed by atoms with Crippen LogP contribution in [0.15, 0.2) is 24.7 Å². The van der Waals surface area contributed by atoms with E-state index in [1.165, 1.54) is 18.5 Å². The van der Waals surface area contributed by atoms with Gasteiger partial charge in [0.1, 0.15) is 0 Å². The van der Waals surface area contributed by atoms with Gasteiger partial charge in [0.2, 0.25) is 0 Å². The average molecular weight is 324 g/mol. The molecule has 2 aromatic rings. The molecule has 0 unspecified atom stereocenters. The molecule has 0 saturated carbocycles. The quantitative estimate of drug-likeness (QED) is 0.917. The Hall–Kier alpha value is -2.15. The number of nitrogens with zero attached hydrogens (tertiary/aromatic N) is 4. The van der Waals surface area contributed by atoms with E-state index in [4.69, 9.17) is 11.6 Å². The molecule has 22 heavy (non-hydrogen) atoms. The first-order valence-electron chi connectivity index (χ1n) is 6.99. The maximum atomic E-state index is 14.0. The van der Waals surface area contributed by atoms with Gasteiger partial charge in [-0.15, -0.1) is 0 Å². The second-order valence-electron chi connectivity index (χ2n) is 5.08. The highest BCUT2D eigenvalue weighted by Gasteiger charge is 2.22. The minimum absolute atomic E-state index is 0.0693. The van der Waals surface area contributed by atoms with Crippen LogP contribution in [0.2, 0.25) is 5.02 Å². The van der Waals surface area contributed by atoms with Crippen molar-refractivity contribution in [2.24, 2.45) is 0 Å². The highest BCUT2D eigenvalue weighted by Crippen LogP contribution is 2.21. The van der Waals surface area contributed by atoms with Crippen LogP contribution in [-0.2, 0) is 0 Å². The Morgan fingerprint density at radius 3 is 2.86 bits per heavy atom. The molecule has 6 nitrogen and oxygen atoms in total. The summed E-state index contributed by atoms with van der Waals surface area (Å²) in [5.74, 6) is -0.232. The van der Waals surface area contributed by atoms with Crippen molar-refractivity contribution < 1.29 is 9.18 Å². The van der Waals surface area contributed by atoms with Crippen molar-refractivity contribution in [1.29, 1.82) is 0 Å². The molecular formula is C14H15ClFN5O. The van der Waals surface area contributed by atoms with Crippen LogP contribution in [0.4, 0.5) is 10.2 Å². The fourth-order valence-electron chi connectivity index (χ4n) is 2.52. The van der Waals surface area contributed by atoms with E-state index in [-0.39, 0.29) is 16.7 Å². The molecule has 1 aliphatic heterocycles. The molecule has 1 saturated heterocycles. The molecule has 3 heterocycles. The number of halogens is 2. The number of aromatic amines is 1. The van der Waals surface area contributed by atoms with Gasteiger partial charge < -0.3 is 9.80 Å². The number of pyridine rings is 1. The lowest BCUT2D eigenvalue weighted by Gasteiger charge is -2.23. The summed E-state index contributed by atoms with van der Waals surface area (Å²) in [6, 6.07) is 1.25. The van der Waals surface area contributed by atoms with Crippen molar-refractivity contribution in [3.63, 3.8) is 0 Å². The molecule has 1 aliphatic rings. The summed E-state index contributed by atoms with van der Waals surface area (Å²) in [6.45, 7) is 2.29. The zero-order valence-corrected chi connectivity index (χ0v) is 12.6. The SMILES string of the molecule is O=C(c1cn[nH]c1)N1CCCN(c2ncc(Cl)cc2F)CC1. The number of carbonyl (C=O) groups is 1. The van der Waals surface area contributed by atoms with E-state index >= 15 is 0 Å². The van der Waals surface area contributed by atoms with Gasteiger partial charge >= 0.3 is 0 Å². The molecule has 116 valence electrons. The van der Waals surface area contributed by atoms with Gasteiger partial charge in [-0.2, -0.15) is 5.10 Å². The number of carbonyl (C=O) groups excluding carboxylic acids is 1. The Kier molecular flexibility index (Phi) is 4.24. The van der Waals surface area contributed by atoms with E-state index in [0.29, 0.717) is 31.7 Å². The van der Waals surface area contributed by atoms with Crippen LogP contribution in [0.3, 0.4) is 0 Å². The van der Waals surface area contributed by atoms with Crippen molar-refractivity contribution in [3.05, 3.63) is 41.1 Å². The van der Waals surface area contributed by atoms with Crippen molar-refractivity contribution >= 4 is 23.3 Å². The number of anilines is 1. The summed E-state index contributed by atoms with van der Waals surface area (Å²) in [5, 5.41) is 6.69. The summed E-state index contributed by atoms with van der Waals surface area (Å²) in [6.07, 6.45) is 5.25. The Morgan fingerprint density at radius 2 is 2.14 bits per heavy atom. The number of rotatable bonds is 2. The maximum absolute atomic E-state index is 14.0. The van der Waals surface area contributed by atoms with Gasteiger partial charge in [0.05, 0.1) is 16.8 Å². The first kappa shape index (κ1) is 14.8. The molecule has 0 spiro atoms. The van der Waals surface area contributed by atoms with Crippen molar-refractivity contribution in [2.75, 3.05) is 31.1 Å². The van der Waals surface area contributed by atoms with E-state index in [1.54, 1.807) is 11.1 Å².